The number of allylic oxidation sites excluding steroid dienone is 1. The van der Waals surface area contributed by atoms with Crippen LogP contribution in [0.15, 0.2) is 69.6 Å². The lowest BCUT2D eigenvalue weighted by Gasteiger charge is -2.25. The minimum absolute atomic E-state index is 0.180. The maximum atomic E-state index is 14.1. The quantitative estimate of drug-likeness (QED) is 0.311. The Bertz CT molecular complexity index is 1870. The van der Waals surface area contributed by atoms with Crippen LogP contribution < -0.4 is 19.8 Å². The average Bonchev–Trinajstić information content (AvgIpc) is 3.38. The molecule has 0 N–H and O–H groups in total. The van der Waals surface area contributed by atoms with Crippen LogP contribution in [-0.4, -0.2) is 35.8 Å². The Labute approximate surface area is 244 Å². The van der Waals surface area contributed by atoms with E-state index in [1.54, 1.807) is 11.5 Å². The average molecular weight is 569 g/mol. The number of benzene rings is 2. The fourth-order valence-electron chi connectivity index (χ4n) is 5.40. The van der Waals surface area contributed by atoms with Crippen molar-refractivity contribution in [3.63, 3.8) is 0 Å². The van der Waals surface area contributed by atoms with Gasteiger partial charge >= 0.3 is 5.97 Å². The Morgan fingerprint density at radius 2 is 1.73 bits per heavy atom. The lowest BCUT2D eigenvalue weighted by atomic mass is 9.95. The van der Waals surface area contributed by atoms with Crippen molar-refractivity contribution in [3.8, 4) is 5.69 Å². The molecule has 0 bridgehead atoms. The lowest BCUT2D eigenvalue weighted by molar-refractivity contribution is -0.139. The summed E-state index contributed by atoms with van der Waals surface area (Å²) in [6.07, 6.45) is 1.94. The monoisotopic (exact) mass is 568 g/mol. The van der Waals surface area contributed by atoms with E-state index in [9.17, 15) is 9.59 Å². The maximum absolute atomic E-state index is 14.1. The molecule has 1 atom stereocenters. The van der Waals surface area contributed by atoms with Crippen molar-refractivity contribution in [2.45, 2.75) is 47.6 Å². The number of anilines is 1. The molecule has 0 fully saturated rings. The molecule has 8 heteroatoms. The summed E-state index contributed by atoms with van der Waals surface area (Å²) in [7, 11) is 3.95. The highest BCUT2D eigenvalue weighted by Gasteiger charge is 2.33. The number of carbonyl (C=O) groups excluding carboxylic acids is 1. The SMILES string of the molecule is CCOC(=O)C1=C(C)N=c2s/c(=C/c3cc(C)n(-c4ccc(C)c(C)c4)c3C)c(=O)n2[C@H]1c1ccc(N(C)C)cc1. The normalized spacial score (nSPS) is 15.1. The Kier molecular flexibility index (Phi) is 7.62. The molecule has 212 valence electrons. The molecule has 4 aromatic rings. The first-order valence-corrected chi connectivity index (χ1v) is 14.6. The van der Waals surface area contributed by atoms with Crippen LogP contribution in [-0.2, 0) is 9.53 Å². The van der Waals surface area contributed by atoms with E-state index in [-0.39, 0.29) is 12.2 Å². The van der Waals surface area contributed by atoms with Crippen LogP contribution in [0.25, 0.3) is 11.8 Å². The zero-order valence-corrected chi connectivity index (χ0v) is 25.7. The Hall–Kier alpha value is -4.17. The maximum Gasteiger partial charge on any atom is 0.338 e. The molecule has 0 saturated heterocycles. The topological polar surface area (TPSA) is 68.8 Å². The number of aryl methyl sites for hydroxylation is 3. The zero-order valence-electron chi connectivity index (χ0n) is 24.9. The molecular weight excluding hydrogens is 532 g/mol. The summed E-state index contributed by atoms with van der Waals surface area (Å²) in [4.78, 5) is 34.5. The van der Waals surface area contributed by atoms with Gasteiger partial charge in [0, 0.05) is 36.9 Å². The smallest absolute Gasteiger partial charge is 0.338 e. The van der Waals surface area contributed by atoms with E-state index >= 15 is 0 Å². The van der Waals surface area contributed by atoms with E-state index in [0.717, 1.165) is 33.9 Å². The molecule has 1 aliphatic rings. The number of carbonyl (C=O) groups is 1. The number of hydrogen-bond donors (Lipinski definition) is 0. The highest BCUT2D eigenvalue weighted by atomic mass is 32.1. The van der Waals surface area contributed by atoms with Gasteiger partial charge in [0.05, 0.1) is 28.5 Å². The lowest BCUT2D eigenvalue weighted by Crippen LogP contribution is -2.40. The molecule has 0 aliphatic carbocycles. The van der Waals surface area contributed by atoms with Gasteiger partial charge in [-0.1, -0.05) is 29.5 Å². The molecule has 2 aromatic heterocycles. The van der Waals surface area contributed by atoms with Gasteiger partial charge in [-0.15, -0.1) is 0 Å². The van der Waals surface area contributed by atoms with Crippen molar-refractivity contribution in [3.05, 3.63) is 113 Å². The first-order chi connectivity index (χ1) is 19.5. The number of rotatable bonds is 6. The number of thiazole rings is 1. The number of aromatic nitrogens is 2. The van der Waals surface area contributed by atoms with Crippen LogP contribution >= 0.6 is 11.3 Å². The predicted octanol–water partition coefficient (Wildman–Crippen LogP) is 4.89. The molecule has 0 saturated carbocycles. The first kappa shape index (κ1) is 28.4. The van der Waals surface area contributed by atoms with Crippen LogP contribution in [0.4, 0.5) is 5.69 Å². The second-order valence-corrected chi connectivity index (χ2v) is 11.7. The first-order valence-electron chi connectivity index (χ1n) is 13.7. The second kappa shape index (κ2) is 11.0. The van der Waals surface area contributed by atoms with Gasteiger partial charge in [-0.25, -0.2) is 9.79 Å². The van der Waals surface area contributed by atoms with Crippen LogP contribution in [0, 0.1) is 27.7 Å². The van der Waals surface area contributed by atoms with Crippen LogP contribution in [0.3, 0.4) is 0 Å². The van der Waals surface area contributed by atoms with Gasteiger partial charge in [0.15, 0.2) is 4.80 Å². The second-order valence-electron chi connectivity index (χ2n) is 10.7. The number of fused-ring (bicyclic) bond motifs is 1. The Morgan fingerprint density at radius 1 is 1.02 bits per heavy atom. The zero-order chi connectivity index (χ0) is 29.6. The summed E-state index contributed by atoms with van der Waals surface area (Å²) in [5.41, 5.74) is 9.31. The molecule has 0 radical (unpaired) electrons. The molecule has 7 nitrogen and oxygen atoms in total. The van der Waals surface area contributed by atoms with Gasteiger partial charge in [0.2, 0.25) is 0 Å². The highest BCUT2D eigenvalue weighted by molar-refractivity contribution is 7.07. The Morgan fingerprint density at radius 3 is 2.37 bits per heavy atom. The van der Waals surface area contributed by atoms with Crippen LogP contribution in [0.5, 0.6) is 0 Å². The summed E-state index contributed by atoms with van der Waals surface area (Å²) in [5.74, 6) is -0.457. The van der Waals surface area contributed by atoms with E-state index in [1.807, 2.05) is 56.3 Å². The number of esters is 1. The summed E-state index contributed by atoms with van der Waals surface area (Å²) >= 11 is 1.34. The summed E-state index contributed by atoms with van der Waals surface area (Å²) in [6, 6.07) is 15.8. The van der Waals surface area contributed by atoms with E-state index in [4.69, 9.17) is 9.73 Å². The molecule has 0 unspecified atom stereocenters. The van der Waals surface area contributed by atoms with Gasteiger partial charge in [0.1, 0.15) is 0 Å². The number of nitrogens with zero attached hydrogens (tertiary/aromatic N) is 4. The van der Waals surface area contributed by atoms with Crippen molar-refractivity contribution < 1.29 is 9.53 Å². The van der Waals surface area contributed by atoms with Gasteiger partial charge in [-0.2, -0.15) is 0 Å². The molecule has 5 rings (SSSR count). The molecule has 0 spiro atoms. The van der Waals surface area contributed by atoms with E-state index in [0.29, 0.717) is 20.6 Å². The van der Waals surface area contributed by atoms with Crippen molar-refractivity contribution >= 4 is 29.1 Å². The van der Waals surface area contributed by atoms with Crippen molar-refractivity contribution in [1.82, 2.24) is 9.13 Å². The fraction of sp³-hybridized carbons (Fsp3) is 0.303. The van der Waals surface area contributed by atoms with Crippen LogP contribution in [0.2, 0.25) is 0 Å². The minimum atomic E-state index is -0.633. The molecule has 3 heterocycles. The van der Waals surface area contributed by atoms with Gasteiger partial charge in [-0.3, -0.25) is 9.36 Å². The molecule has 2 aromatic carbocycles. The van der Waals surface area contributed by atoms with Crippen LogP contribution in [0.1, 0.15) is 53.5 Å². The summed E-state index contributed by atoms with van der Waals surface area (Å²) in [6.45, 7) is 12.2. The van der Waals surface area contributed by atoms with Gasteiger partial charge < -0.3 is 14.2 Å². The van der Waals surface area contributed by atoms with Crippen molar-refractivity contribution in [2.75, 3.05) is 25.6 Å². The van der Waals surface area contributed by atoms with Crippen molar-refractivity contribution in [1.29, 1.82) is 0 Å². The number of hydrogen-bond acceptors (Lipinski definition) is 6. The standard InChI is InChI=1S/C33H36N4O3S/c1-9-40-32(39)29-22(5)34-33-37(30(29)24-11-14-26(15-12-24)35(7)8)31(38)28(41-33)18-25-17-21(4)36(23(25)6)27-13-10-19(2)20(3)16-27/h10-18,30H,9H2,1-8H3/b28-18+/t30-/m0/s1. The third-order valence-corrected chi connectivity index (χ3v) is 8.73. The van der Waals surface area contributed by atoms with Gasteiger partial charge in [0.25, 0.3) is 5.56 Å². The molecule has 1 aliphatic heterocycles. The summed E-state index contributed by atoms with van der Waals surface area (Å²) in [5, 5.41) is 0. The van der Waals surface area contributed by atoms with E-state index in [1.165, 1.54) is 22.5 Å². The van der Waals surface area contributed by atoms with E-state index < -0.39 is 12.0 Å². The highest BCUT2D eigenvalue weighted by Crippen LogP contribution is 2.32. The van der Waals surface area contributed by atoms with Crippen molar-refractivity contribution in [2.24, 2.45) is 4.99 Å². The molecule has 0 amide bonds. The predicted molar refractivity (Wildman–Crippen MR) is 166 cm³/mol. The Balaban J connectivity index is 1.68. The third-order valence-electron chi connectivity index (χ3n) is 7.75. The summed E-state index contributed by atoms with van der Waals surface area (Å²) < 4.78 is 9.85. The van der Waals surface area contributed by atoms with E-state index in [2.05, 4.69) is 56.5 Å². The van der Waals surface area contributed by atoms with Gasteiger partial charge in [-0.05, 0) is 100 Å². The minimum Gasteiger partial charge on any atom is -0.463 e. The fourth-order valence-corrected chi connectivity index (χ4v) is 6.44. The number of ether oxygens (including phenoxy) is 1. The molecule has 41 heavy (non-hydrogen) atoms. The third kappa shape index (κ3) is 5.08. The molecular formula is C33H36N4O3S. The largest absolute Gasteiger partial charge is 0.463 e.